The monoisotopic (exact) mass is 304 g/mol. The number of benzene rings is 1. The molecular formula is C12H15F3N4O2. The molecule has 0 bridgehead atoms. The number of halogens is 3. The lowest BCUT2D eigenvalue weighted by Crippen LogP contribution is -2.53. The molecule has 9 heteroatoms. The number of carbonyl (C=O) groups excluding carboxylic acids is 1. The Kier molecular flexibility index (Phi) is 4.66. The highest BCUT2D eigenvalue weighted by Gasteiger charge is 2.31. The van der Waals surface area contributed by atoms with Crippen molar-refractivity contribution in [3.8, 4) is 5.75 Å². The van der Waals surface area contributed by atoms with E-state index in [-0.39, 0.29) is 11.5 Å². The van der Waals surface area contributed by atoms with Gasteiger partial charge >= 0.3 is 12.4 Å². The molecule has 0 aromatic heterocycles. The van der Waals surface area contributed by atoms with Crippen molar-refractivity contribution in [1.29, 1.82) is 5.41 Å². The van der Waals surface area contributed by atoms with Crippen molar-refractivity contribution >= 4 is 17.6 Å². The van der Waals surface area contributed by atoms with Crippen molar-refractivity contribution < 1.29 is 22.7 Å². The van der Waals surface area contributed by atoms with Gasteiger partial charge < -0.3 is 21.1 Å². The van der Waals surface area contributed by atoms with Gasteiger partial charge in [-0.3, -0.25) is 5.41 Å². The Hall–Kier alpha value is -2.45. The second kappa shape index (κ2) is 5.90. The van der Waals surface area contributed by atoms with Crippen molar-refractivity contribution in [2.75, 3.05) is 5.32 Å². The highest BCUT2D eigenvalue weighted by atomic mass is 19.4. The van der Waals surface area contributed by atoms with E-state index in [2.05, 4.69) is 15.4 Å². The first-order chi connectivity index (χ1) is 9.49. The minimum Gasteiger partial charge on any atom is -0.406 e. The Balaban J connectivity index is 2.64. The molecule has 0 heterocycles. The third-order valence-corrected chi connectivity index (χ3v) is 2.45. The number of ether oxygens (including phenoxy) is 1. The van der Waals surface area contributed by atoms with Gasteiger partial charge in [-0.05, 0) is 38.1 Å². The molecule has 0 saturated carbocycles. The van der Waals surface area contributed by atoms with Crippen LogP contribution in [-0.2, 0) is 0 Å². The van der Waals surface area contributed by atoms with Crippen LogP contribution in [0.5, 0.6) is 5.75 Å². The lowest BCUT2D eigenvalue weighted by atomic mass is 10.1. The zero-order valence-corrected chi connectivity index (χ0v) is 11.3. The first-order valence-electron chi connectivity index (χ1n) is 5.79. The molecule has 6 nitrogen and oxygen atoms in total. The molecule has 1 aromatic rings. The third-order valence-electron chi connectivity index (χ3n) is 2.45. The van der Waals surface area contributed by atoms with Crippen molar-refractivity contribution in [2.24, 2.45) is 5.73 Å². The molecule has 1 aromatic carbocycles. The van der Waals surface area contributed by atoms with Gasteiger partial charge in [0.2, 0.25) is 0 Å². The second-order valence-corrected chi connectivity index (χ2v) is 4.69. The Morgan fingerprint density at radius 3 is 2.19 bits per heavy atom. The molecule has 0 unspecified atom stereocenters. The van der Waals surface area contributed by atoms with Crippen LogP contribution in [0.15, 0.2) is 24.3 Å². The Morgan fingerprint density at radius 2 is 1.76 bits per heavy atom. The fraction of sp³-hybridized carbons (Fsp3) is 0.333. The van der Waals surface area contributed by atoms with E-state index in [1.54, 1.807) is 0 Å². The SMILES string of the molecule is CC(C)(NC(=O)Nc1ccc(OC(F)(F)F)cc1)C(=N)N. The number of hydrogen-bond donors (Lipinski definition) is 4. The zero-order valence-electron chi connectivity index (χ0n) is 11.3. The van der Waals surface area contributed by atoms with Crippen LogP contribution in [0.2, 0.25) is 0 Å². The molecular weight excluding hydrogens is 289 g/mol. The van der Waals surface area contributed by atoms with Crippen molar-refractivity contribution in [3.63, 3.8) is 0 Å². The smallest absolute Gasteiger partial charge is 0.406 e. The van der Waals surface area contributed by atoms with Crippen molar-refractivity contribution in [2.45, 2.75) is 25.7 Å². The minimum atomic E-state index is -4.77. The standard InChI is InChI=1S/C12H15F3N4O2/c1-11(2,9(16)17)19-10(20)18-7-3-5-8(6-4-7)21-12(13,14)15/h3-6H,1-2H3,(H3,16,17)(H2,18,19,20). The lowest BCUT2D eigenvalue weighted by molar-refractivity contribution is -0.274. The number of amidine groups is 1. The van der Waals surface area contributed by atoms with E-state index in [1.807, 2.05) is 0 Å². The molecule has 0 spiro atoms. The number of urea groups is 1. The van der Waals surface area contributed by atoms with E-state index in [0.29, 0.717) is 0 Å². The van der Waals surface area contributed by atoms with E-state index in [9.17, 15) is 18.0 Å². The number of nitrogens with one attached hydrogen (secondary N) is 3. The zero-order chi connectivity index (χ0) is 16.3. The van der Waals surface area contributed by atoms with Crippen LogP contribution in [0.3, 0.4) is 0 Å². The molecule has 0 fully saturated rings. The molecule has 116 valence electrons. The molecule has 0 saturated heterocycles. The van der Waals surface area contributed by atoms with Crippen LogP contribution < -0.4 is 21.1 Å². The van der Waals surface area contributed by atoms with Crippen LogP contribution >= 0.6 is 0 Å². The Labute approximate surface area is 119 Å². The van der Waals surface area contributed by atoms with Crippen LogP contribution in [0.4, 0.5) is 23.7 Å². The molecule has 21 heavy (non-hydrogen) atoms. The number of hydrogen-bond acceptors (Lipinski definition) is 3. The summed E-state index contributed by atoms with van der Waals surface area (Å²) in [6.07, 6.45) is -4.77. The van der Waals surface area contributed by atoms with E-state index < -0.39 is 23.7 Å². The third kappa shape index (κ3) is 5.59. The number of nitrogens with two attached hydrogens (primary N) is 1. The Morgan fingerprint density at radius 1 is 1.24 bits per heavy atom. The summed E-state index contributed by atoms with van der Waals surface area (Å²) in [6, 6.07) is 4.00. The van der Waals surface area contributed by atoms with Gasteiger partial charge in [-0.2, -0.15) is 0 Å². The van der Waals surface area contributed by atoms with Crippen LogP contribution in [0.1, 0.15) is 13.8 Å². The summed E-state index contributed by atoms with van der Waals surface area (Å²) >= 11 is 0. The number of carbonyl (C=O) groups is 1. The quantitative estimate of drug-likeness (QED) is 0.507. The highest BCUT2D eigenvalue weighted by Crippen LogP contribution is 2.23. The second-order valence-electron chi connectivity index (χ2n) is 4.69. The van der Waals surface area contributed by atoms with E-state index in [1.165, 1.54) is 26.0 Å². The molecule has 0 aliphatic rings. The van der Waals surface area contributed by atoms with Gasteiger partial charge in [-0.1, -0.05) is 0 Å². The topological polar surface area (TPSA) is 100 Å². The predicted molar refractivity (Wildman–Crippen MR) is 71.3 cm³/mol. The lowest BCUT2D eigenvalue weighted by Gasteiger charge is -2.24. The summed E-state index contributed by atoms with van der Waals surface area (Å²) in [5, 5.41) is 12.1. The van der Waals surface area contributed by atoms with Gasteiger partial charge in [0.05, 0.1) is 5.54 Å². The van der Waals surface area contributed by atoms with Crippen LogP contribution in [0.25, 0.3) is 0 Å². The first-order valence-corrected chi connectivity index (χ1v) is 5.79. The molecule has 0 atom stereocenters. The van der Waals surface area contributed by atoms with Crippen molar-refractivity contribution in [3.05, 3.63) is 24.3 Å². The van der Waals surface area contributed by atoms with Crippen LogP contribution in [0, 0.1) is 5.41 Å². The average molecular weight is 304 g/mol. The van der Waals surface area contributed by atoms with Crippen molar-refractivity contribution in [1.82, 2.24) is 5.32 Å². The van der Waals surface area contributed by atoms with Gasteiger partial charge in [0.15, 0.2) is 0 Å². The molecule has 2 amide bonds. The number of anilines is 1. The van der Waals surface area contributed by atoms with Gasteiger partial charge in [0.25, 0.3) is 0 Å². The highest BCUT2D eigenvalue weighted by molar-refractivity contribution is 5.95. The number of alkyl halides is 3. The largest absolute Gasteiger partial charge is 0.573 e. The summed E-state index contributed by atoms with van der Waals surface area (Å²) in [5.74, 6) is -0.621. The van der Waals surface area contributed by atoms with Crippen LogP contribution in [-0.4, -0.2) is 23.8 Å². The summed E-state index contributed by atoms with van der Waals surface area (Å²) in [6.45, 7) is 3.07. The van der Waals surface area contributed by atoms with Gasteiger partial charge in [-0.15, -0.1) is 13.2 Å². The van der Waals surface area contributed by atoms with E-state index >= 15 is 0 Å². The predicted octanol–water partition coefficient (Wildman–Crippen LogP) is 2.42. The maximum Gasteiger partial charge on any atom is 0.573 e. The molecule has 0 radical (unpaired) electrons. The average Bonchev–Trinajstić information content (AvgIpc) is 2.28. The summed E-state index contributed by atoms with van der Waals surface area (Å²) < 4.78 is 39.6. The first kappa shape index (κ1) is 16.6. The maximum atomic E-state index is 12.0. The number of rotatable bonds is 4. The molecule has 0 aliphatic carbocycles. The van der Waals surface area contributed by atoms with E-state index in [4.69, 9.17) is 11.1 Å². The molecule has 5 N–H and O–H groups in total. The summed E-state index contributed by atoms with van der Waals surface area (Å²) in [7, 11) is 0. The fourth-order valence-corrected chi connectivity index (χ4v) is 1.25. The minimum absolute atomic E-state index is 0.230. The summed E-state index contributed by atoms with van der Waals surface area (Å²) in [4.78, 5) is 11.7. The normalized spacial score (nSPS) is 11.7. The van der Waals surface area contributed by atoms with Gasteiger partial charge in [0.1, 0.15) is 11.6 Å². The molecule has 1 rings (SSSR count). The Bertz CT molecular complexity index is 526. The maximum absolute atomic E-state index is 12.0. The molecule has 0 aliphatic heterocycles. The van der Waals surface area contributed by atoms with Gasteiger partial charge in [-0.25, -0.2) is 4.79 Å². The fourth-order valence-electron chi connectivity index (χ4n) is 1.25. The van der Waals surface area contributed by atoms with E-state index in [0.717, 1.165) is 12.1 Å². The number of amides is 2. The summed E-state index contributed by atoms with van der Waals surface area (Å²) in [5.41, 5.74) is 4.54. The van der Waals surface area contributed by atoms with Gasteiger partial charge in [0, 0.05) is 5.69 Å².